The predicted molar refractivity (Wildman–Crippen MR) is 363 cm³/mol. The van der Waals surface area contributed by atoms with E-state index in [0.717, 1.165) is 108 Å². The van der Waals surface area contributed by atoms with Crippen molar-refractivity contribution in [1.82, 2.24) is 0 Å². The first-order chi connectivity index (χ1) is 43.2. The van der Waals surface area contributed by atoms with E-state index in [2.05, 4.69) is 48.5 Å². The lowest BCUT2D eigenvalue weighted by Crippen LogP contribution is -2.30. The fraction of sp³-hybridized carbons (Fsp3) is 0.944. The summed E-state index contributed by atoms with van der Waals surface area (Å²) in [6, 6.07) is 0. The highest BCUT2D eigenvalue weighted by Crippen LogP contribution is 2.45. The summed E-state index contributed by atoms with van der Waals surface area (Å²) in [6.07, 6.45) is 45.8. The van der Waals surface area contributed by atoms with Gasteiger partial charge < -0.3 is 33.8 Å². The molecule has 17 nitrogen and oxygen atoms in total. The molecule has 2 unspecified atom stereocenters. The van der Waals surface area contributed by atoms with Gasteiger partial charge in [-0.05, 0) is 43.4 Å². The summed E-state index contributed by atoms with van der Waals surface area (Å²) in [5.74, 6) is 0.116. The summed E-state index contributed by atoms with van der Waals surface area (Å²) in [4.78, 5) is 72.6. The van der Waals surface area contributed by atoms with Gasteiger partial charge in [-0.25, -0.2) is 9.13 Å². The lowest BCUT2D eigenvalue weighted by molar-refractivity contribution is -0.161. The molecule has 3 N–H and O–H groups in total. The van der Waals surface area contributed by atoms with Crippen LogP contribution in [0.1, 0.15) is 357 Å². The van der Waals surface area contributed by atoms with Gasteiger partial charge in [0.15, 0.2) is 12.2 Å². The van der Waals surface area contributed by atoms with Crippen LogP contribution >= 0.6 is 15.6 Å². The minimum atomic E-state index is -4.95. The van der Waals surface area contributed by atoms with E-state index in [4.69, 9.17) is 37.0 Å². The van der Waals surface area contributed by atoms with E-state index in [-0.39, 0.29) is 25.7 Å². The Morgan fingerprint density at radius 2 is 0.511 bits per heavy atom. The number of esters is 4. The number of hydrogen-bond acceptors (Lipinski definition) is 15. The highest BCUT2D eigenvalue weighted by molar-refractivity contribution is 7.47. The standard InChI is InChI=1S/C71H138O17P2/c1-8-9-10-11-12-13-14-18-25-32-40-47-54-70(75)88-67(59-82-69(74)53-46-39-34-27-30-37-44-51-64(6)7)61-86-90(79,80)84-57-65(72)56-83-89(77,78)85-60-66(58-81-68(73)52-45-38-31-24-21-20-23-29-36-43-50-63(4)5)87-71(76)55-48-41-33-26-19-16-15-17-22-28-35-42-49-62(2)3/h62-67,72H,8-61H2,1-7H3,(H,77,78)(H,79,80)/t65-,66-,67-/m1/s1. The summed E-state index contributed by atoms with van der Waals surface area (Å²) in [6.45, 7) is 11.8. The number of rotatable bonds is 69. The molecule has 0 aliphatic heterocycles. The van der Waals surface area contributed by atoms with Crippen molar-refractivity contribution in [3.8, 4) is 0 Å². The van der Waals surface area contributed by atoms with Gasteiger partial charge in [0.1, 0.15) is 19.3 Å². The van der Waals surface area contributed by atoms with Crippen molar-refractivity contribution in [2.45, 2.75) is 375 Å². The van der Waals surface area contributed by atoms with E-state index in [1.54, 1.807) is 0 Å². The van der Waals surface area contributed by atoms with Gasteiger partial charge >= 0.3 is 39.5 Å². The van der Waals surface area contributed by atoms with Crippen molar-refractivity contribution in [3.05, 3.63) is 0 Å². The fourth-order valence-electron chi connectivity index (χ4n) is 10.7. The monoisotopic (exact) mass is 1320 g/mol. The van der Waals surface area contributed by atoms with Gasteiger partial charge in [-0.2, -0.15) is 0 Å². The molecule has 5 atom stereocenters. The molecule has 0 bridgehead atoms. The quantitative estimate of drug-likeness (QED) is 0.0222. The molecule has 0 heterocycles. The number of aliphatic hydroxyl groups is 1. The lowest BCUT2D eigenvalue weighted by Gasteiger charge is -2.21. The van der Waals surface area contributed by atoms with E-state index in [0.29, 0.717) is 31.6 Å². The van der Waals surface area contributed by atoms with Crippen LogP contribution in [0.4, 0.5) is 0 Å². The first-order valence-electron chi connectivity index (χ1n) is 36.8. The van der Waals surface area contributed by atoms with E-state index < -0.39 is 97.5 Å². The van der Waals surface area contributed by atoms with E-state index in [1.165, 1.54) is 161 Å². The zero-order valence-corrected chi connectivity index (χ0v) is 60.4. The van der Waals surface area contributed by atoms with Crippen LogP contribution in [-0.4, -0.2) is 96.7 Å². The van der Waals surface area contributed by atoms with Gasteiger partial charge in [0.25, 0.3) is 0 Å². The topological polar surface area (TPSA) is 237 Å². The molecule has 0 aromatic rings. The highest BCUT2D eigenvalue weighted by Gasteiger charge is 2.30. The van der Waals surface area contributed by atoms with Crippen molar-refractivity contribution < 1.29 is 80.2 Å². The Kier molecular flexibility index (Phi) is 60.6. The van der Waals surface area contributed by atoms with Crippen LogP contribution in [0, 0.1) is 17.8 Å². The number of aliphatic hydroxyl groups excluding tert-OH is 1. The largest absolute Gasteiger partial charge is 0.472 e. The maximum Gasteiger partial charge on any atom is 0.472 e. The number of phosphoric acid groups is 2. The zero-order chi connectivity index (χ0) is 66.6. The molecule has 0 rings (SSSR count). The minimum absolute atomic E-state index is 0.106. The Bertz CT molecular complexity index is 1770. The van der Waals surface area contributed by atoms with Crippen LogP contribution in [0.25, 0.3) is 0 Å². The lowest BCUT2D eigenvalue weighted by atomic mass is 10.0. The molecule has 0 aliphatic carbocycles. The molecule has 0 saturated heterocycles. The number of phosphoric ester groups is 2. The average molecular weight is 1330 g/mol. The number of ether oxygens (including phenoxy) is 4. The second-order valence-corrected chi connectivity index (χ2v) is 30.0. The van der Waals surface area contributed by atoms with Crippen LogP contribution < -0.4 is 0 Å². The molecule has 90 heavy (non-hydrogen) atoms. The average Bonchev–Trinajstić information content (AvgIpc) is 3.67. The molecule has 0 amide bonds. The Morgan fingerprint density at radius 3 is 0.756 bits per heavy atom. The summed E-state index contributed by atoms with van der Waals surface area (Å²) >= 11 is 0. The summed E-state index contributed by atoms with van der Waals surface area (Å²) < 4.78 is 68.3. The molecular formula is C71H138O17P2. The van der Waals surface area contributed by atoms with Gasteiger partial charge in [-0.15, -0.1) is 0 Å². The smallest absolute Gasteiger partial charge is 0.462 e. The molecule has 0 aliphatic rings. The van der Waals surface area contributed by atoms with Crippen LogP contribution in [-0.2, 0) is 65.4 Å². The molecule has 0 radical (unpaired) electrons. The van der Waals surface area contributed by atoms with E-state index >= 15 is 0 Å². The first kappa shape index (κ1) is 88.1. The van der Waals surface area contributed by atoms with Crippen molar-refractivity contribution in [2.75, 3.05) is 39.6 Å². The fourth-order valence-corrected chi connectivity index (χ4v) is 12.3. The van der Waals surface area contributed by atoms with Gasteiger partial charge in [0, 0.05) is 25.7 Å². The summed E-state index contributed by atoms with van der Waals surface area (Å²) in [5.41, 5.74) is 0. The van der Waals surface area contributed by atoms with Crippen molar-refractivity contribution in [3.63, 3.8) is 0 Å². The molecular weight excluding hydrogens is 1190 g/mol. The normalized spacial score (nSPS) is 14.2. The number of unbranched alkanes of at least 4 members (excludes halogenated alkanes) is 37. The van der Waals surface area contributed by atoms with Crippen LogP contribution in [0.5, 0.6) is 0 Å². The van der Waals surface area contributed by atoms with Gasteiger partial charge in [0.2, 0.25) is 0 Å². The minimum Gasteiger partial charge on any atom is -0.462 e. The molecule has 0 saturated carbocycles. The Balaban J connectivity index is 5.26. The van der Waals surface area contributed by atoms with Crippen LogP contribution in [0.3, 0.4) is 0 Å². The maximum absolute atomic E-state index is 13.0. The second-order valence-electron chi connectivity index (χ2n) is 27.1. The molecule has 0 aromatic carbocycles. The third-order valence-corrected chi connectivity index (χ3v) is 18.3. The molecule has 0 aromatic heterocycles. The van der Waals surface area contributed by atoms with E-state index in [1.807, 2.05) is 0 Å². The third-order valence-electron chi connectivity index (χ3n) is 16.4. The SMILES string of the molecule is CCCCCCCCCCCCCCC(=O)O[C@H](COC(=O)CCCCCCCCCC(C)C)COP(=O)(O)OC[C@H](O)COP(=O)(O)OC[C@@H](COC(=O)CCCCCCCCCCCCC(C)C)OC(=O)CCCCCCCCCCCCCCC(C)C. The first-order valence-corrected chi connectivity index (χ1v) is 39.8. The van der Waals surface area contributed by atoms with Crippen LogP contribution in [0.15, 0.2) is 0 Å². The van der Waals surface area contributed by atoms with Crippen LogP contribution in [0.2, 0.25) is 0 Å². The zero-order valence-electron chi connectivity index (χ0n) is 58.6. The number of carbonyl (C=O) groups is 4. The Hall–Kier alpha value is -1.94. The van der Waals surface area contributed by atoms with Crippen molar-refractivity contribution in [2.24, 2.45) is 17.8 Å². The Labute approximate surface area is 549 Å². The molecule has 0 fully saturated rings. The number of carbonyl (C=O) groups excluding carboxylic acids is 4. The molecule has 534 valence electrons. The van der Waals surface area contributed by atoms with Crippen molar-refractivity contribution >= 4 is 39.5 Å². The molecule has 0 spiro atoms. The van der Waals surface area contributed by atoms with Gasteiger partial charge in [-0.3, -0.25) is 37.3 Å². The molecule has 19 heteroatoms. The summed E-state index contributed by atoms with van der Waals surface area (Å²) in [5, 5.41) is 10.6. The Morgan fingerprint density at radius 1 is 0.300 bits per heavy atom. The predicted octanol–water partition coefficient (Wildman–Crippen LogP) is 20.2. The number of hydrogen-bond donors (Lipinski definition) is 3. The van der Waals surface area contributed by atoms with Gasteiger partial charge in [-0.1, -0.05) is 305 Å². The highest BCUT2D eigenvalue weighted by atomic mass is 31.2. The second kappa shape index (κ2) is 61.9. The summed E-state index contributed by atoms with van der Waals surface area (Å²) in [7, 11) is -9.90. The van der Waals surface area contributed by atoms with Crippen molar-refractivity contribution in [1.29, 1.82) is 0 Å². The maximum atomic E-state index is 13.0. The van der Waals surface area contributed by atoms with E-state index in [9.17, 15) is 43.2 Å². The third kappa shape index (κ3) is 64.8. The van der Waals surface area contributed by atoms with Gasteiger partial charge in [0.05, 0.1) is 26.4 Å².